The summed E-state index contributed by atoms with van der Waals surface area (Å²) in [6.07, 6.45) is 0. The van der Waals surface area contributed by atoms with Gasteiger partial charge in [-0.3, -0.25) is 9.59 Å². The lowest BCUT2D eigenvalue weighted by Crippen LogP contribution is -2.41. The summed E-state index contributed by atoms with van der Waals surface area (Å²) in [5.41, 5.74) is 2.64. The highest BCUT2D eigenvalue weighted by atomic mass is 28.4. The Morgan fingerprint density at radius 2 is 1.38 bits per heavy atom. The quantitative estimate of drug-likeness (QED) is 0.635. The zero-order valence-corrected chi connectivity index (χ0v) is 8.70. The Labute approximate surface area is 78.1 Å². The maximum absolute atomic E-state index is 10.7. The average molecular weight is 200 g/mol. The van der Waals surface area contributed by atoms with E-state index in [-0.39, 0.29) is 0 Å². The molecule has 0 N–H and O–H groups in total. The minimum absolute atomic E-state index is 0.521. The van der Waals surface area contributed by atoms with Crippen LogP contribution in [0.25, 0.3) is 0 Å². The number of hydrogen-bond donors (Lipinski definition) is 0. The highest BCUT2D eigenvalue weighted by Gasteiger charge is 2.37. The molecule has 13 heavy (non-hydrogen) atoms. The van der Waals surface area contributed by atoms with E-state index in [0.29, 0.717) is 0 Å². The topological polar surface area (TPSA) is 52.6 Å². The van der Waals surface area contributed by atoms with Crippen LogP contribution in [-0.2, 0) is 18.4 Å². The van der Waals surface area contributed by atoms with E-state index in [1.165, 1.54) is 25.2 Å². The van der Waals surface area contributed by atoms with Crippen molar-refractivity contribution in [3.8, 4) is 0 Å². The van der Waals surface area contributed by atoms with E-state index in [0.717, 1.165) is 0 Å². The van der Waals surface area contributed by atoms with Gasteiger partial charge < -0.3 is 8.85 Å². The molecule has 4 nitrogen and oxygen atoms in total. The molecule has 0 aliphatic rings. The van der Waals surface area contributed by atoms with Crippen LogP contribution in [0.5, 0.6) is 0 Å². The van der Waals surface area contributed by atoms with Gasteiger partial charge in [0.05, 0.1) is 0 Å². The molecule has 0 aromatic rings. The molecule has 0 saturated heterocycles. The number of hydrogen-bond acceptors (Lipinski definition) is 4. The Hall–Kier alpha value is -1.36. The maximum Gasteiger partial charge on any atom is 0.518 e. The summed E-state index contributed by atoms with van der Waals surface area (Å²) >= 11 is 0. The molecular weight excluding hydrogens is 188 g/mol. The molecule has 0 heterocycles. The second-order valence-corrected chi connectivity index (χ2v) is 4.98. The molecule has 0 spiro atoms. The Bertz CT molecular complexity index is 221. The summed E-state index contributed by atoms with van der Waals surface area (Å²) in [6.45, 7) is 9.36. The third-order valence-electron chi connectivity index (χ3n) is 1.18. The molecule has 5 heteroatoms. The maximum atomic E-state index is 10.7. The van der Waals surface area contributed by atoms with Gasteiger partial charge in [0, 0.05) is 13.8 Å². The predicted molar refractivity (Wildman–Crippen MR) is 49.7 cm³/mol. The monoisotopic (exact) mass is 200 g/mol. The van der Waals surface area contributed by atoms with E-state index in [1.54, 1.807) is 0 Å². The lowest BCUT2D eigenvalue weighted by atomic mass is 10.9. The van der Waals surface area contributed by atoms with Crippen LogP contribution in [0, 0.1) is 0 Å². The lowest BCUT2D eigenvalue weighted by molar-refractivity contribution is -0.138. The lowest BCUT2D eigenvalue weighted by Gasteiger charge is -2.21. The minimum Gasteiger partial charge on any atom is -0.479 e. The first-order chi connectivity index (χ1) is 5.95. The summed E-state index contributed by atoms with van der Waals surface area (Å²) in [5, 5.41) is 0. The largest absolute Gasteiger partial charge is 0.518 e. The Morgan fingerprint density at radius 1 is 1.08 bits per heavy atom. The molecule has 0 aromatic carbocycles. The summed E-state index contributed by atoms with van der Waals surface area (Å²) in [4.78, 5) is 21.4. The fraction of sp³-hybridized carbons (Fsp3) is 0.250. The summed E-state index contributed by atoms with van der Waals surface area (Å²) in [7, 11) is -3.04. The van der Waals surface area contributed by atoms with Gasteiger partial charge in [0.15, 0.2) is 0 Å². The molecule has 0 atom stereocenters. The van der Waals surface area contributed by atoms with Crippen molar-refractivity contribution in [2.24, 2.45) is 0 Å². The molecular formula is C8H12O4Si. The van der Waals surface area contributed by atoms with Crippen molar-refractivity contribution >= 4 is 20.5 Å². The molecule has 0 radical (unpaired) electrons. The van der Waals surface area contributed by atoms with E-state index in [2.05, 4.69) is 13.2 Å². The van der Waals surface area contributed by atoms with Gasteiger partial charge in [0.1, 0.15) is 0 Å². The molecule has 72 valence electrons. The SMILES string of the molecule is C=C[Si](C=C)(OC(C)=O)OC(C)=O. The normalized spacial score (nSPS) is 10.0. The first-order valence-electron chi connectivity index (χ1n) is 3.62. The number of rotatable bonds is 4. The predicted octanol–water partition coefficient (Wildman–Crippen LogP) is 1.01. The van der Waals surface area contributed by atoms with Gasteiger partial charge in [-0.1, -0.05) is 13.2 Å². The first-order valence-corrected chi connectivity index (χ1v) is 5.59. The fourth-order valence-corrected chi connectivity index (χ4v) is 2.16. The Morgan fingerprint density at radius 3 is 1.54 bits per heavy atom. The molecule has 0 saturated carbocycles. The highest BCUT2D eigenvalue weighted by molar-refractivity contribution is 6.79. The van der Waals surface area contributed by atoms with E-state index in [4.69, 9.17) is 8.85 Å². The fourth-order valence-electron chi connectivity index (χ4n) is 0.720. The average Bonchev–Trinajstić information content (AvgIpc) is 2.01. The van der Waals surface area contributed by atoms with E-state index in [9.17, 15) is 9.59 Å². The molecule has 0 rings (SSSR count). The van der Waals surface area contributed by atoms with Crippen LogP contribution in [0.4, 0.5) is 0 Å². The van der Waals surface area contributed by atoms with Gasteiger partial charge in [-0.2, -0.15) is 0 Å². The Kier molecular flexibility index (Phi) is 4.13. The smallest absolute Gasteiger partial charge is 0.479 e. The second kappa shape index (κ2) is 4.61. The number of carbonyl (C=O) groups is 2. The second-order valence-electron chi connectivity index (χ2n) is 2.32. The van der Waals surface area contributed by atoms with Gasteiger partial charge in [-0.05, 0) is 11.4 Å². The van der Waals surface area contributed by atoms with E-state index in [1.807, 2.05) is 0 Å². The van der Waals surface area contributed by atoms with Crippen LogP contribution >= 0.6 is 0 Å². The van der Waals surface area contributed by atoms with Crippen molar-refractivity contribution in [3.05, 3.63) is 24.6 Å². The molecule has 0 amide bonds. The molecule has 0 aliphatic heterocycles. The van der Waals surface area contributed by atoms with Crippen LogP contribution in [-0.4, -0.2) is 20.5 Å². The van der Waals surface area contributed by atoms with Crippen molar-refractivity contribution in [2.45, 2.75) is 13.8 Å². The van der Waals surface area contributed by atoms with Crippen LogP contribution < -0.4 is 0 Å². The molecule has 0 fully saturated rings. The molecule has 0 aromatic heterocycles. The highest BCUT2D eigenvalue weighted by Crippen LogP contribution is 2.10. The van der Waals surface area contributed by atoms with E-state index < -0.39 is 20.5 Å². The zero-order chi connectivity index (χ0) is 10.5. The third kappa shape index (κ3) is 3.70. The summed E-state index contributed by atoms with van der Waals surface area (Å²) < 4.78 is 9.74. The third-order valence-corrected chi connectivity index (χ3v) is 3.53. The van der Waals surface area contributed by atoms with Crippen molar-refractivity contribution in [1.29, 1.82) is 0 Å². The molecule has 0 aliphatic carbocycles. The van der Waals surface area contributed by atoms with Crippen molar-refractivity contribution in [3.63, 3.8) is 0 Å². The summed E-state index contributed by atoms with van der Waals surface area (Å²) in [6, 6.07) is 0. The van der Waals surface area contributed by atoms with Crippen LogP contribution in [0.2, 0.25) is 0 Å². The Balaban J connectivity index is 4.68. The molecule has 0 bridgehead atoms. The number of carbonyl (C=O) groups excluding carboxylic acids is 2. The van der Waals surface area contributed by atoms with Crippen LogP contribution in [0.1, 0.15) is 13.8 Å². The standard InChI is InChI=1S/C8H12O4Si/c1-5-13(6-2,11-7(3)9)12-8(4)10/h5-6H,1-2H2,3-4H3. The first kappa shape index (κ1) is 11.6. The van der Waals surface area contributed by atoms with E-state index >= 15 is 0 Å². The van der Waals surface area contributed by atoms with Crippen molar-refractivity contribution < 1.29 is 18.4 Å². The van der Waals surface area contributed by atoms with Gasteiger partial charge in [0.2, 0.25) is 0 Å². The van der Waals surface area contributed by atoms with Gasteiger partial charge in [-0.15, -0.1) is 0 Å². The van der Waals surface area contributed by atoms with Crippen LogP contribution in [0.15, 0.2) is 24.6 Å². The van der Waals surface area contributed by atoms with Gasteiger partial charge >= 0.3 is 8.56 Å². The van der Waals surface area contributed by atoms with Crippen LogP contribution in [0.3, 0.4) is 0 Å². The minimum atomic E-state index is -3.04. The zero-order valence-electron chi connectivity index (χ0n) is 7.70. The van der Waals surface area contributed by atoms with Gasteiger partial charge in [-0.25, -0.2) is 0 Å². The molecule has 0 unspecified atom stereocenters. The van der Waals surface area contributed by atoms with Gasteiger partial charge in [0.25, 0.3) is 11.9 Å². The summed E-state index contributed by atoms with van der Waals surface area (Å²) in [5.74, 6) is -1.04. The van der Waals surface area contributed by atoms with Crippen molar-refractivity contribution in [1.82, 2.24) is 0 Å². The van der Waals surface area contributed by atoms with Crippen molar-refractivity contribution in [2.75, 3.05) is 0 Å².